The van der Waals surface area contributed by atoms with E-state index in [2.05, 4.69) is 13.2 Å². The Bertz CT molecular complexity index is 1330. The normalized spacial score (nSPS) is 28.3. The molecule has 0 saturated carbocycles. The number of hydrogen-bond acceptors (Lipinski definition) is 5. The lowest BCUT2D eigenvalue weighted by atomic mass is 9.64. The molecule has 3 fully saturated rings. The van der Waals surface area contributed by atoms with E-state index >= 15 is 0 Å². The number of rotatable bonds is 12. The maximum atomic E-state index is 14.6. The fraction of sp³-hybridized carbons (Fsp3) is 0.441. The fourth-order valence-electron chi connectivity index (χ4n) is 7.47. The lowest BCUT2D eigenvalue weighted by molar-refractivity contribution is -0.155. The average molecular weight is 572 g/mol. The van der Waals surface area contributed by atoms with Crippen LogP contribution in [0.25, 0.3) is 0 Å². The van der Waals surface area contributed by atoms with E-state index in [1.165, 1.54) is 4.90 Å². The van der Waals surface area contributed by atoms with E-state index in [9.17, 15) is 19.5 Å². The molecule has 0 aromatic heterocycles. The Kier molecular flexibility index (Phi) is 8.39. The van der Waals surface area contributed by atoms with E-state index in [0.29, 0.717) is 31.5 Å². The van der Waals surface area contributed by atoms with Gasteiger partial charge in [0.25, 0.3) is 0 Å². The summed E-state index contributed by atoms with van der Waals surface area (Å²) in [6.45, 7) is 12.0. The van der Waals surface area contributed by atoms with Crippen molar-refractivity contribution in [2.45, 2.75) is 62.9 Å². The Morgan fingerprint density at radius 3 is 2.29 bits per heavy atom. The van der Waals surface area contributed by atoms with Gasteiger partial charge in [0, 0.05) is 25.3 Å². The first-order chi connectivity index (χ1) is 20.3. The van der Waals surface area contributed by atoms with Gasteiger partial charge in [-0.1, -0.05) is 67.6 Å². The maximum Gasteiger partial charge on any atom is 0.249 e. The highest BCUT2D eigenvalue weighted by Gasteiger charge is 2.79. The predicted octanol–water partition coefficient (Wildman–Crippen LogP) is 3.96. The van der Waals surface area contributed by atoms with Crippen molar-refractivity contribution in [1.29, 1.82) is 0 Å². The number of fused-ring (bicyclic) bond motifs is 1. The summed E-state index contributed by atoms with van der Waals surface area (Å²) >= 11 is 0. The van der Waals surface area contributed by atoms with Gasteiger partial charge in [-0.25, -0.2) is 0 Å². The molecule has 5 rings (SSSR count). The third-order valence-corrected chi connectivity index (χ3v) is 9.38. The van der Waals surface area contributed by atoms with Crippen LogP contribution in [0.15, 0.2) is 86.0 Å². The Labute approximate surface area is 248 Å². The summed E-state index contributed by atoms with van der Waals surface area (Å²) in [6.07, 6.45) is 4.92. The number of nitrogens with zero attached hydrogens (tertiary/aromatic N) is 3. The summed E-state index contributed by atoms with van der Waals surface area (Å²) in [5.74, 6) is -2.41. The molecule has 3 aliphatic rings. The van der Waals surface area contributed by atoms with E-state index in [1.807, 2.05) is 67.6 Å². The van der Waals surface area contributed by atoms with Crippen LogP contribution < -0.4 is 4.90 Å². The molecule has 3 amide bonds. The van der Waals surface area contributed by atoms with Gasteiger partial charge in [0.15, 0.2) is 0 Å². The standard InChI is InChI=1S/C34H41N3O5/c1-5-20-35(22-25-14-10-8-11-15-25)32(41)29-34-19-18-33(7-3,42-34)27(28(34)31(40)37(29)24(4)23-38)30(39)36(21-6-2)26-16-12-9-13-17-26/h5-6,8-17,24,27-29,38H,1-2,7,18-23H2,3-4H3/t24-,27-,28+,29?,33+,34?/m1/s1. The van der Waals surface area contributed by atoms with Crippen LogP contribution in [0.5, 0.6) is 0 Å². The molecule has 2 aromatic carbocycles. The largest absolute Gasteiger partial charge is 0.394 e. The number of carbonyl (C=O) groups excluding carboxylic acids is 3. The van der Waals surface area contributed by atoms with Crippen molar-refractivity contribution in [3.8, 4) is 0 Å². The van der Waals surface area contributed by atoms with Crippen molar-refractivity contribution in [3.63, 3.8) is 0 Å². The molecule has 3 aliphatic heterocycles. The quantitative estimate of drug-likeness (QED) is 0.390. The zero-order valence-electron chi connectivity index (χ0n) is 24.5. The molecule has 0 aliphatic carbocycles. The Hall–Kier alpha value is -3.75. The first kappa shape index (κ1) is 29.7. The lowest BCUT2D eigenvalue weighted by Crippen LogP contribution is -2.58. The summed E-state index contributed by atoms with van der Waals surface area (Å²) in [7, 11) is 0. The second kappa shape index (κ2) is 11.9. The molecule has 2 unspecified atom stereocenters. The number of ether oxygens (including phenoxy) is 1. The van der Waals surface area contributed by atoms with Gasteiger partial charge >= 0.3 is 0 Å². The molecule has 42 heavy (non-hydrogen) atoms. The van der Waals surface area contributed by atoms with Crippen molar-refractivity contribution in [2.75, 3.05) is 24.6 Å². The molecular formula is C34H41N3O5. The third-order valence-electron chi connectivity index (χ3n) is 9.38. The minimum Gasteiger partial charge on any atom is -0.394 e. The second-order valence-corrected chi connectivity index (χ2v) is 11.7. The zero-order valence-corrected chi connectivity index (χ0v) is 24.5. The molecule has 3 saturated heterocycles. The fourth-order valence-corrected chi connectivity index (χ4v) is 7.47. The van der Waals surface area contributed by atoms with Crippen molar-refractivity contribution < 1.29 is 24.2 Å². The van der Waals surface area contributed by atoms with Gasteiger partial charge in [0.1, 0.15) is 11.6 Å². The monoisotopic (exact) mass is 571 g/mol. The van der Waals surface area contributed by atoms with Crippen LogP contribution in [0.1, 0.15) is 38.7 Å². The second-order valence-electron chi connectivity index (χ2n) is 11.7. The highest BCUT2D eigenvalue weighted by Crippen LogP contribution is 2.65. The summed E-state index contributed by atoms with van der Waals surface area (Å²) < 4.78 is 6.94. The van der Waals surface area contributed by atoms with Crippen molar-refractivity contribution >= 4 is 23.4 Å². The van der Waals surface area contributed by atoms with E-state index in [-0.39, 0.29) is 37.4 Å². The zero-order chi connectivity index (χ0) is 30.1. The molecule has 3 heterocycles. The van der Waals surface area contributed by atoms with Crippen molar-refractivity contribution in [3.05, 3.63) is 91.5 Å². The number of aliphatic hydroxyl groups is 1. The minimum atomic E-state index is -1.18. The van der Waals surface area contributed by atoms with Crippen LogP contribution in [-0.4, -0.2) is 75.6 Å². The number of amides is 3. The number of likely N-dealkylation sites (tertiary alicyclic amines) is 1. The van der Waals surface area contributed by atoms with Crippen LogP contribution in [0.3, 0.4) is 0 Å². The van der Waals surface area contributed by atoms with Gasteiger partial charge in [-0.05, 0) is 43.9 Å². The van der Waals surface area contributed by atoms with E-state index in [0.717, 1.165) is 5.56 Å². The summed E-state index contributed by atoms with van der Waals surface area (Å²) in [4.78, 5) is 48.4. The van der Waals surface area contributed by atoms with Crippen molar-refractivity contribution in [2.24, 2.45) is 11.8 Å². The topological polar surface area (TPSA) is 90.4 Å². The van der Waals surface area contributed by atoms with Gasteiger partial charge in [0.05, 0.1) is 30.1 Å². The molecule has 0 radical (unpaired) electrons. The Morgan fingerprint density at radius 1 is 1.05 bits per heavy atom. The Morgan fingerprint density at radius 2 is 1.69 bits per heavy atom. The number of para-hydroxylation sites is 1. The predicted molar refractivity (Wildman–Crippen MR) is 161 cm³/mol. The van der Waals surface area contributed by atoms with E-state index < -0.39 is 35.1 Å². The van der Waals surface area contributed by atoms with Crippen molar-refractivity contribution in [1.82, 2.24) is 9.80 Å². The highest BCUT2D eigenvalue weighted by molar-refractivity contribution is 6.03. The smallest absolute Gasteiger partial charge is 0.249 e. The molecule has 2 bridgehead atoms. The summed E-state index contributed by atoms with van der Waals surface area (Å²) in [5, 5.41) is 10.2. The molecule has 1 spiro atoms. The molecule has 6 atom stereocenters. The first-order valence-corrected chi connectivity index (χ1v) is 14.8. The first-order valence-electron chi connectivity index (χ1n) is 14.8. The van der Waals surface area contributed by atoms with E-state index in [4.69, 9.17) is 4.74 Å². The van der Waals surface area contributed by atoms with Crippen LogP contribution in [-0.2, 0) is 25.7 Å². The number of benzene rings is 2. The van der Waals surface area contributed by atoms with Gasteiger partial charge in [-0.15, -0.1) is 13.2 Å². The third kappa shape index (κ3) is 4.67. The van der Waals surface area contributed by atoms with Gasteiger partial charge in [-0.2, -0.15) is 0 Å². The average Bonchev–Trinajstić information content (AvgIpc) is 3.63. The lowest BCUT2D eigenvalue weighted by Gasteiger charge is -2.38. The molecule has 8 heteroatoms. The summed E-state index contributed by atoms with van der Waals surface area (Å²) in [6, 6.07) is 17.4. The van der Waals surface area contributed by atoms with E-state index in [1.54, 1.807) is 28.9 Å². The maximum absolute atomic E-state index is 14.6. The summed E-state index contributed by atoms with van der Waals surface area (Å²) in [5.41, 5.74) is -0.392. The van der Waals surface area contributed by atoms with Gasteiger partial charge in [-0.3, -0.25) is 14.4 Å². The Balaban J connectivity index is 1.59. The number of hydrogen-bond donors (Lipinski definition) is 1. The number of carbonyl (C=O) groups is 3. The molecule has 8 nitrogen and oxygen atoms in total. The van der Waals surface area contributed by atoms with Gasteiger partial charge in [0.2, 0.25) is 17.7 Å². The molecular weight excluding hydrogens is 530 g/mol. The molecule has 2 aromatic rings. The number of anilines is 1. The molecule has 1 N–H and O–H groups in total. The SMILES string of the molecule is C=CCN(Cc1ccccc1)C(=O)C1N([C@H](C)CO)C(=O)[C@@H]2[C@H](C(=O)N(CC=C)c3ccccc3)[C@]3(CC)CCC12O3. The van der Waals surface area contributed by atoms with Crippen LogP contribution in [0.2, 0.25) is 0 Å². The van der Waals surface area contributed by atoms with Crippen LogP contribution >= 0.6 is 0 Å². The molecule has 222 valence electrons. The number of aliphatic hydroxyl groups excluding tert-OH is 1. The highest BCUT2D eigenvalue weighted by atomic mass is 16.5. The van der Waals surface area contributed by atoms with Crippen LogP contribution in [0, 0.1) is 11.8 Å². The van der Waals surface area contributed by atoms with Gasteiger partial charge < -0.3 is 24.5 Å². The van der Waals surface area contributed by atoms with Crippen LogP contribution in [0.4, 0.5) is 5.69 Å². The minimum absolute atomic E-state index is 0.209.